The molecule has 0 aromatic heterocycles. The zero-order valence-electron chi connectivity index (χ0n) is 8.57. The fraction of sp³-hybridized carbons (Fsp3) is 0.300. The molecular weight excluding hydrogens is 180 g/mol. The van der Waals surface area contributed by atoms with E-state index in [9.17, 15) is 4.79 Å². The van der Waals surface area contributed by atoms with E-state index in [1.807, 2.05) is 31.2 Å². The lowest BCUT2D eigenvalue weighted by Gasteiger charge is -2.17. The van der Waals surface area contributed by atoms with Crippen molar-refractivity contribution in [1.29, 1.82) is 0 Å². The minimum atomic E-state index is -0.293. The molecule has 1 aromatic rings. The van der Waals surface area contributed by atoms with Crippen LogP contribution in [0.3, 0.4) is 0 Å². The molecule has 76 valence electrons. The average Bonchev–Trinajstić information content (AvgIpc) is 2.17. The standard InChI is InChI=1S/C10H14N2O2/c1-8-5-4-6-9(7-8)12(2)10(13)11-14-3/h4-7H,1-3H3,(H,11,13). The van der Waals surface area contributed by atoms with E-state index < -0.39 is 0 Å². The van der Waals surface area contributed by atoms with Crippen molar-refractivity contribution in [2.24, 2.45) is 0 Å². The Morgan fingerprint density at radius 2 is 2.21 bits per heavy atom. The van der Waals surface area contributed by atoms with Gasteiger partial charge in [0.05, 0.1) is 7.11 Å². The van der Waals surface area contributed by atoms with Gasteiger partial charge in [0.1, 0.15) is 0 Å². The Balaban J connectivity index is 2.78. The second-order valence-electron chi connectivity index (χ2n) is 3.01. The summed E-state index contributed by atoms with van der Waals surface area (Å²) in [6, 6.07) is 7.38. The fourth-order valence-electron chi connectivity index (χ4n) is 1.11. The van der Waals surface area contributed by atoms with Gasteiger partial charge in [-0.25, -0.2) is 10.3 Å². The van der Waals surface area contributed by atoms with Crippen molar-refractivity contribution >= 4 is 11.7 Å². The van der Waals surface area contributed by atoms with Crippen molar-refractivity contribution in [1.82, 2.24) is 5.48 Å². The third-order valence-corrected chi connectivity index (χ3v) is 1.88. The molecule has 0 saturated heterocycles. The molecule has 0 aliphatic heterocycles. The summed E-state index contributed by atoms with van der Waals surface area (Å²) in [6.45, 7) is 1.98. The molecule has 0 fully saturated rings. The number of nitrogens with one attached hydrogen (secondary N) is 1. The predicted octanol–water partition coefficient (Wildman–Crippen LogP) is 1.70. The molecule has 0 radical (unpaired) electrons. The maximum absolute atomic E-state index is 11.3. The molecule has 0 spiro atoms. The molecule has 1 rings (SSSR count). The Bertz CT molecular complexity index is 326. The van der Waals surface area contributed by atoms with E-state index in [4.69, 9.17) is 0 Å². The summed E-state index contributed by atoms with van der Waals surface area (Å²) in [5.41, 5.74) is 4.19. The number of hydroxylamine groups is 1. The van der Waals surface area contributed by atoms with Crippen LogP contribution < -0.4 is 10.4 Å². The molecule has 0 aliphatic carbocycles. The van der Waals surface area contributed by atoms with Crippen LogP contribution in [-0.2, 0) is 4.84 Å². The van der Waals surface area contributed by atoms with Gasteiger partial charge in [0, 0.05) is 12.7 Å². The molecule has 0 aliphatic rings. The van der Waals surface area contributed by atoms with E-state index in [0.29, 0.717) is 0 Å². The molecule has 14 heavy (non-hydrogen) atoms. The number of carbonyl (C=O) groups excluding carboxylic acids is 1. The van der Waals surface area contributed by atoms with Crippen molar-refractivity contribution < 1.29 is 9.63 Å². The van der Waals surface area contributed by atoms with Crippen LogP contribution in [0.4, 0.5) is 10.5 Å². The number of hydrogen-bond donors (Lipinski definition) is 1. The number of aryl methyl sites for hydroxylation is 1. The van der Waals surface area contributed by atoms with Crippen molar-refractivity contribution in [3.05, 3.63) is 29.8 Å². The van der Waals surface area contributed by atoms with Crippen LogP contribution in [0.1, 0.15) is 5.56 Å². The number of hydrogen-bond acceptors (Lipinski definition) is 2. The SMILES string of the molecule is CONC(=O)N(C)c1cccc(C)c1. The Morgan fingerprint density at radius 3 is 2.79 bits per heavy atom. The van der Waals surface area contributed by atoms with Crippen molar-refractivity contribution in [2.75, 3.05) is 19.1 Å². The first-order valence-corrected chi connectivity index (χ1v) is 4.28. The summed E-state index contributed by atoms with van der Waals surface area (Å²) in [6.07, 6.45) is 0. The summed E-state index contributed by atoms with van der Waals surface area (Å²) in [5, 5.41) is 0. The molecule has 1 aromatic carbocycles. The normalized spacial score (nSPS) is 9.64. The van der Waals surface area contributed by atoms with Gasteiger partial charge in [-0.05, 0) is 24.6 Å². The Labute approximate surface area is 83.4 Å². The molecule has 0 unspecified atom stereocenters. The average molecular weight is 194 g/mol. The van der Waals surface area contributed by atoms with Gasteiger partial charge < -0.3 is 0 Å². The smallest absolute Gasteiger partial charge is 0.296 e. The summed E-state index contributed by atoms with van der Waals surface area (Å²) in [5.74, 6) is 0. The molecule has 0 atom stereocenters. The van der Waals surface area contributed by atoms with Crippen LogP contribution in [0.15, 0.2) is 24.3 Å². The van der Waals surface area contributed by atoms with Crippen molar-refractivity contribution in [3.8, 4) is 0 Å². The molecule has 4 nitrogen and oxygen atoms in total. The van der Waals surface area contributed by atoms with E-state index in [0.717, 1.165) is 11.3 Å². The topological polar surface area (TPSA) is 41.6 Å². The lowest BCUT2D eigenvalue weighted by Crippen LogP contribution is -2.36. The molecule has 0 saturated carbocycles. The van der Waals surface area contributed by atoms with Gasteiger partial charge in [-0.3, -0.25) is 9.74 Å². The number of anilines is 1. The van der Waals surface area contributed by atoms with E-state index in [1.165, 1.54) is 12.0 Å². The number of rotatable bonds is 2. The quantitative estimate of drug-likeness (QED) is 0.728. The molecule has 0 bridgehead atoms. The second kappa shape index (κ2) is 4.62. The van der Waals surface area contributed by atoms with Crippen LogP contribution in [0.25, 0.3) is 0 Å². The fourth-order valence-corrected chi connectivity index (χ4v) is 1.11. The van der Waals surface area contributed by atoms with Gasteiger partial charge in [-0.1, -0.05) is 12.1 Å². The highest BCUT2D eigenvalue weighted by Crippen LogP contribution is 2.13. The molecule has 1 N–H and O–H groups in total. The van der Waals surface area contributed by atoms with E-state index in [-0.39, 0.29) is 6.03 Å². The van der Waals surface area contributed by atoms with Gasteiger partial charge in [-0.2, -0.15) is 0 Å². The van der Waals surface area contributed by atoms with E-state index in [1.54, 1.807) is 7.05 Å². The van der Waals surface area contributed by atoms with Crippen LogP contribution in [0, 0.1) is 6.92 Å². The molecule has 0 heterocycles. The Morgan fingerprint density at radius 1 is 1.50 bits per heavy atom. The highest BCUT2D eigenvalue weighted by molar-refractivity contribution is 5.90. The van der Waals surface area contributed by atoms with Crippen LogP contribution >= 0.6 is 0 Å². The molecule has 4 heteroatoms. The van der Waals surface area contributed by atoms with Gasteiger partial charge in [0.2, 0.25) is 0 Å². The zero-order valence-corrected chi connectivity index (χ0v) is 8.57. The van der Waals surface area contributed by atoms with Crippen LogP contribution in [0.5, 0.6) is 0 Å². The summed E-state index contributed by atoms with van der Waals surface area (Å²) >= 11 is 0. The van der Waals surface area contributed by atoms with Gasteiger partial charge in [0.25, 0.3) is 0 Å². The largest absolute Gasteiger partial charge is 0.345 e. The van der Waals surface area contributed by atoms with Crippen LogP contribution in [-0.4, -0.2) is 20.2 Å². The molecule has 2 amide bonds. The predicted molar refractivity (Wildman–Crippen MR) is 55.1 cm³/mol. The number of nitrogens with zero attached hydrogens (tertiary/aromatic N) is 1. The second-order valence-corrected chi connectivity index (χ2v) is 3.01. The monoisotopic (exact) mass is 194 g/mol. The van der Waals surface area contributed by atoms with Gasteiger partial charge in [0.15, 0.2) is 0 Å². The van der Waals surface area contributed by atoms with E-state index in [2.05, 4.69) is 10.3 Å². The third kappa shape index (κ3) is 2.47. The maximum atomic E-state index is 11.3. The van der Waals surface area contributed by atoms with Gasteiger partial charge in [-0.15, -0.1) is 0 Å². The summed E-state index contributed by atoms with van der Waals surface area (Å²) in [4.78, 5) is 17.4. The first kappa shape index (κ1) is 10.5. The highest BCUT2D eigenvalue weighted by atomic mass is 16.6. The number of urea groups is 1. The lowest BCUT2D eigenvalue weighted by molar-refractivity contribution is 0.111. The van der Waals surface area contributed by atoms with Crippen molar-refractivity contribution in [3.63, 3.8) is 0 Å². The first-order chi connectivity index (χ1) is 6.65. The summed E-state index contributed by atoms with van der Waals surface area (Å²) < 4.78 is 0. The third-order valence-electron chi connectivity index (χ3n) is 1.88. The lowest BCUT2D eigenvalue weighted by atomic mass is 10.2. The number of benzene rings is 1. The zero-order chi connectivity index (χ0) is 10.6. The van der Waals surface area contributed by atoms with Gasteiger partial charge >= 0.3 is 6.03 Å². The Kier molecular flexibility index (Phi) is 3.48. The van der Waals surface area contributed by atoms with Crippen LogP contribution in [0.2, 0.25) is 0 Å². The first-order valence-electron chi connectivity index (χ1n) is 4.28. The summed E-state index contributed by atoms with van der Waals surface area (Å²) in [7, 11) is 3.09. The van der Waals surface area contributed by atoms with E-state index >= 15 is 0 Å². The maximum Gasteiger partial charge on any atom is 0.345 e. The number of carbonyl (C=O) groups is 1. The highest BCUT2D eigenvalue weighted by Gasteiger charge is 2.09. The number of amides is 2. The van der Waals surface area contributed by atoms with Crippen molar-refractivity contribution in [2.45, 2.75) is 6.92 Å². The molecular formula is C10H14N2O2. The minimum absolute atomic E-state index is 0.293. The Hall–Kier alpha value is -1.55. The minimum Gasteiger partial charge on any atom is -0.296 e.